The van der Waals surface area contributed by atoms with E-state index in [1.807, 2.05) is 18.2 Å². The van der Waals surface area contributed by atoms with E-state index in [4.69, 9.17) is 25.8 Å². The molecule has 2 aromatic heterocycles. The third-order valence-corrected chi connectivity index (χ3v) is 4.79. The van der Waals surface area contributed by atoms with E-state index in [0.717, 1.165) is 5.57 Å². The van der Waals surface area contributed by atoms with Gasteiger partial charge < -0.3 is 24.3 Å². The number of rotatable bonds is 3. The molecule has 128 valence electrons. The summed E-state index contributed by atoms with van der Waals surface area (Å²) in [6.07, 6.45) is 3.99. The summed E-state index contributed by atoms with van der Waals surface area (Å²) in [7, 11) is 0. The lowest BCUT2D eigenvalue weighted by molar-refractivity contribution is 0.00706. The lowest BCUT2D eigenvalue weighted by atomic mass is 10.1. The maximum Gasteiger partial charge on any atom is 0.296 e. The van der Waals surface area contributed by atoms with Crippen LogP contribution in [0.5, 0.6) is 6.01 Å². The summed E-state index contributed by atoms with van der Waals surface area (Å²) in [5, 5.41) is 10.3. The van der Waals surface area contributed by atoms with Crippen LogP contribution in [0, 0.1) is 0 Å². The number of imidazole rings is 1. The monoisotopic (exact) mass is 359 g/mol. The van der Waals surface area contributed by atoms with E-state index < -0.39 is 6.10 Å². The van der Waals surface area contributed by atoms with Crippen molar-refractivity contribution in [2.24, 2.45) is 0 Å². The van der Waals surface area contributed by atoms with Gasteiger partial charge in [0.05, 0.1) is 29.4 Å². The van der Waals surface area contributed by atoms with Crippen molar-refractivity contribution in [1.82, 2.24) is 15.0 Å². The van der Waals surface area contributed by atoms with Crippen molar-refractivity contribution in [3.63, 3.8) is 0 Å². The first-order valence-electron chi connectivity index (χ1n) is 7.97. The van der Waals surface area contributed by atoms with Crippen LogP contribution in [0.3, 0.4) is 0 Å². The van der Waals surface area contributed by atoms with Crippen molar-refractivity contribution < 1.29 is 19.3 Å². The fourth-order valence-corrected chi connectivity index (χ4v) is 3.56. The Morgan fingerprint density at radius 3 is 3.00 bits per heavy atom. The average Bonchev–Trinajstić information content (AvgIpc) is 3.34. The molecule has 0 saturated carbocycles. The van der Waals surface area contributed by atoms with Gasteiger partial charge in [-0.25, -0.2) is 4.98 Å². The Balaban J connectivity index is 1.43. The van der Waals surface area contributed by atoms with Crippen LogP contribution in [0.1, 0.15) is 5.69 Å². The summed E-state index contributed by atoms with van der Waals surface area (Å²) in [5.41, 5.74) is 5.71. The number of aromatic nitrogens is 3. The van der Waals surface area contributed by atoms with Crippen molar-refractivity contribution in [2.75, 3.05) is 13.2 Å². The van der Waals surface area contributed by atoms with Crippen LogP contribution in [-0.2, 0) is 9.47 Å². The third-order valence-electron chi connectivity index (χ3n) is 4.50. The quantitative estimate of drug-likeness (QED) is 0.810. The first-order chi connectivity index (χ1) is 12.2. The summed E-state index contributed by atoms with van der Waals surface area (Å²) in [6, 6.07) is 2.09. The van der Waals surface area contributed by atoms with Crippen LogP contribution in [0.4, 0.5) is 0 Å². The van der Waals surface area contributed by atoms with Crippen molar-refractivity contribution in [2.45, 2.75) is 24.4 Å². The molecule has 5 rings (SSSR count). The summed E-state index contributed by atoms with van der Waals surface area (Å²) in [6.45, 7) is 0.595. The van der Waals surface area contributed by atoms with Crippen molar-refractivity contribution in [3.05, 3.63) is 40.7 Å². The van der Waals surface area contributed by atoms with Crippen LogP contribution in [0.2, 0.25) is 5.02 Å². The topological polar surface area (TPSA) is 89.5 Å². The van der Waals surface area contributed by atoms with Gasteiger partial charge in [-0.1, -0.05) is 17.7 Å². The highest BCUT2D eigenvalue weighted by Gasteiger charge is 2.48. The first-order valence-corrected chi connectivity index (χ1v) is 8.35. The molecule has 0 bridgehead atoms. The van der Waals surface area contributed by atoms with E-state index in [1.54, 1.807) is 6.07 Å². The molecule has 25 heavy (non-hydrogen) atoms. The summed E-state index contributed by atoms with van der Waals surface area (Å²) < 4.78 is 17.0. The molecular formula is C17H14ClN3O4. The fourth-order valence-electron chi connectivity index (χ4n) is 3.31. The largest absolute Gasteiger partial charge is 0.456 e. The number of ether oxygens (including phenoxy) is 3. The molecule has 4 atom stereocenters. The summed E-state index contributed by atoms with van der Waals surface area (Å²) in [5.74, 6) is 0. The molecule has 0 unspecified atom stereocenters. The van der Waals surface area contributed by atoms with E-state index in [2.05, 4.69) is 20.7 Å². The number of hydrogen-bond acceptors (Lipinski definition) is 6. The Labute approximate surface area is 147 Å². The number of pyridine rings is 1. The minimum Gasteiger partial charge on any atom is -0.456 e. The summed E-state index contributed by atoms with van der Waals surface area (Å²) >= 11 is 6.32. The lowest BCUT2D eigenvalue weighted by Gasteiger charge is -2.15. The normalized spacial score (nSPS) is 30.2. The predicted molar refractivity (Wildman–Crippen MR) is 89.4 cm³/mol. The van der Waals surface area contributed by atoms with Gasteiger partial charge in [0, 0.05) is 5.57 Å². The van der Waals surface area contributed by atoms with Gasteiger partial charge in [0.2, 0.25) is 0 Å². The van der Waals surface area contributed by atoms with Gasteiger partial charge in [-0.05, 0) is 18.2 Å². The van der Waals surface area contributed by atoms with Crippen LogP contribution < -0.4 is 4.74 Å². The molecule has 2 N–H and O–H groups in total. The molecule has 4 heterocycles. The second-order valence-electron chi connectivity index (χ2n) is 6.14. The van der Waals surface area contributed by atoms with Gasteiger partial charge in [0.25, 0.3) is 6.01 Å². The average molecular weight is 360 g/mol. The molecule has 2 saturated heterocycles. The Kier molecular flexibility index (Phi) is 3.45. The Bertz CT molecular complexity index is 947. The first kappa shape index (κ1) is 15.1. The number of halogens is 1. The van der Waals surface area contributed by atoms with Gasteiger partial charge in [-0.15, -0.1) is 5.73 Å². The van der Waals surface area contributed by atoms with Crippen LogP contribution in [0.25, 0.3) is 16.7 Å². The zero-order valence-electron chi connectivity index (χ0n) is 13.0. The number of H-pyrrole nitrogens is 1. The van der Waals surface area contributed by atoms with E-state index in [1.165, 1.54) is 0 Å². The highest BCUT2D eigenvalue weighted by Crippen LogP contribution is 2.31. The molecule has 0 amide bonds. The second kappa shape index (κ2) is 5.69. The highest BCUT2D eigenvalue weighted by atomic mass is 35.5. The van der Waals surface area contributed by atoms with E-state index in [-0.39, 0.29) is 24.9 Å². The molecule has 0 radical (unpaired) electrons. The molecule has 0 spiro atoms. The molecule has 0 aromatic carbocycles. The standard InChI is InChI=1S/C17H14ClN3O4/c18-9-5-10-16(20-13(9)8-3-1-2-4-8)21-17(19-10)25-12-7-24-14-11(22)6-23-15(12)14/h1-3,5,11-12,14-15,22H,6-7H2,(H,19,20,21)/t11-,12-,14-,15-/m1/s1. The second-order valence-corrected chi connectivity index (χ2v) is 6.54. The fraction of sp³-hybridized carbons (Fsp3) is 0.353. The molecule has 3 aliphatic rings. The van der Waals surface area contributed by atoms with Gasteiger partial charge in [0.15, 0.2) is 11.8 Å². The van der Waals surface area contributed by atoms with Crippen molar-refractivity contribution in [1.29, 1.82) is 0 Å². The smallest absolute Gasteiger partial charge is 0.296 e. The molecule has 2 fully saturated rings. The van der Waals surface area contributed by atoms with E-state index >= 15 is 0 Å². The molecule has 2 aliphatic heterocycles. The van der Waals surface area contributed by atoms with Gasteiger partial charge in [-0.2, -0.15) is 4.98 Å². The number of aromatic amines is 1. The zero-order chi connectivity index (χ0) is 17.0. The zero-order valence-corrected chi connectivity index (χ0v) is 13.7. The van der Waals surface area contributed by atoms with Gasteiger partial charge in [0.1, 0.15) is 18.3 Å². The number of aliphatic hydroxyl groups is 1. The number of fused-ring (bicyclic) bond motifs is 2. The van der Waals surface area contributed by atoms with Crippen molar-refractivity contribution in [3.8, 4) is 6.01 Å². The maximum absolute atomic E-state index is 9.79. The predicted octanol–water partition coefficient (Wildman–Crippen LogP) is 1.63. The van der Waals surface area contributed by atoms with Crippen LogP contribution >= 0.6 is 11.6 Å². The van der Waals surface area contributed by atoms with Gasteiger partial charge in [-0.3, -0.25) is 0 Å². The minimum atomic E-state index is -0.613. The highest BCUT2D eigenvalue weighted by molar-refractivity contribution is 6.32. The van der Waals surface area contributed by atoms with E-state index in [9.17, 15) is 5.11 Å². The maximum atomic E-state index is 9.79. The molecular weight excluding hydrogens is 346 g/mol. The molecule has 7 nitrogen and oxygen atoms in total. The minimum absolute atomic E-state index is 0.256. The molecule has 1 aliphatic carbocycles. The molecule has 8 heteroatoms. The summed E-state index contributed by atoms with van der Waals surface area (Å²) in [4.78, 5) is 12.0. The Hall–Kier alpha value is -2.15. The number of hydrogen-bond donors (Lipinski definition) is 2. The van der Waals surface area contributed by atoms with Crippen LogP contribution in [-0.4, -0.2) is 57.7 Å². The van der Waals surface area contributed by atoms with Gasteiger partial charge >= 0.3 is 0 Å². The molecule has 2 aromatic rings. The number of nitrogens with zero attached hydrogens (tertiary/aromatic N) is 2. The Morgan fingerprint density at radius 2 is 2.16 bits per heavy atom. The Morgan fingerprint density at radius 1 is 1.28 bits per heavy atom. The third kappa shape index (κ3) is 2.49. The van der Waals surface area contributed by atoms with E-state index in [0.29, 0.717) is 34.5 Å². The number of nitrogens with one attached hydrogen (secondary N) is 1. The van der Waals surface area contributed by atoms with Crippen molar-refractivity contribution >= 4 is 28.3 Å². The number of allylic oxidation sites excluding steroid dienone is 3. The van der Waals surface area contributed by atoms with Crippen LogP contribution in [0.15, 0.2) is 30.0 Å². The lowest BCUT2D eigenvalue weighted by Crippen LogP contribution is -2.34. The number of aliphatic hydroxyl groups excluding tert-OH is 1. The SMILES string of the molecule is O[C@@H]1CO[C@H]2[C@@H]1OC[C@H]2Oc1nc2nc(C3=C=CC=C3)c(Cl)cc2[nH]1.